The van der Waals surface area contributed by atoms with E-state index in [0.717, 1.165) is 38.8 Å². The van der Waals surface area contributed by atoms with Gasteiger partial charge in [-0.2, -0.15) is 9.97 Å². The molecule has 6 heterocycles. The van der Waals surface area contributed by atoms with Crippen LogP contribution in [0.25, 0.3) is 10.8 Å². The predicted octanol–water partition coefficient (Wildman–Crippen LogP) is 3.70. The van der Waals surface area contributed by atoms with E-state index in [9.17, 15) is 19.4 Å². The molecule has 0 radical (unpaired) electrons. The van der Waals surface area contributed by atoms with Gasteiger partial charge in [0.2, 0.25) is 11.7 Å². The number of phenolic OH excluding ortho intramolecular Hbond substituents is 1. The van der Waals surface area contributed by atoms with Crippen molar-refractivity contribution in [1.82, 2.24) is 19.8 Å². The molecule has 12 heteroatoms. The number of amides is 1. The zero-order chi connectivity index (χ0) is 33.4. The van der Waals surface area contributed by atoms with Gasteiger partial charge in [-0.25, -0.2) is 4.39 Å². The van der Waals surface area contributed by atoms with Crippen LogP contribution in [0.5, 0.6) is 23.4 Å². The van der Waals surface area contributed by atoms with E-state index in [1.807, 2.05) is 4.90 Å². The second kappa shape index (κ2) is 11.2. The third-order valence-electron chi connectivity index (χ3n) is 10.9. The molecule has 48 heavy (non-hydrogen) atoms. The first kappa shape index (κ1) is 30.7. The third-order valence-corrected chi connectivity index (χ3v) is 10.9. The van der Waals surface area contributed by atoms with Crippen LogP contribution in [-0.4, -0.2) is 98.5 Å². The van der Waals surface area contributed by atoms with Gasteiger partial charge in [-0.05, 0) is 75.4 Å². The second-order valence-corrected chi connectivity index (χ2v) is 13.9. The number of fused-ring (bicyclic) bond motifs is 5. The van der Waals surface area contributed by atoms with Crippen molar-refractivity contribution in [3.63, 3.8) is 0 Å². The summed E-state index contributed by atoms with van der Waals surface area (Å²) in [7, 11) is 0. The van der Waals surface area contributed by atoms with Gasteiger partial charge < -0.3 is 34.2 Å². The van der Waals surface area contributed by atoms with E-state index in [1.54, 1.807) is 17.9 Å². The molecular weight excluding hydrogens is 617 g/mol. The topological polar surface area (TPSA) is 121 Å². The van der Waals surface area contributed by atoms with Crippen LogP contribution in [0.3, 0.4) is 0 Å². The maximum atomic E-state index is 14.9. The molecule has 1 amide bonds. The van der Waals surface area contributed by atoms with Gasteiger partial charge in [0.15, 0.2) is 11.9 Å². The minimum absolute atomic E-state index is 0.000199. The predicted molar refractivity (Wildman–Crippen MR) is 175 cm³/mol. The van der Waals surface area contributed by atoms with Crippen molar-refractivity contribution in [1.29, 1.82) is 0 Å². The molecule has 1 unspecified atom stereocenters. The minimum atomic E-state index is -1.11. The van der Waals surface area contributed by atoms with E-state index < -0.39 is 23.6 Å². The van der Waals surface area contributed by atoms with E-state index in [2.05, 4.69) is 22.4 Å². The van der Waals surface area contributed by atoms with Crippen LogP contribution in [0.2, 0.25) is 0 Å². The number of nitrogens with zero attached hydrogens (tertiary/aromatic N) is 5. The summed E-state index contributed by atoms with van der Waals surface area (Å²) in [4.78, 5) is 28.6. The number of terminal acetylenes is 1. The Hall–Kier alpha value is -4.60. The number of carbonyl (C=O) groups excluding carboxylic acids is 1. The number of aliphatic hydroxyl groups is 1. The number of carbonyl (C=O) groups is 1. The average molecular weight is 656 g/mol. The number of rotatable bonds is 6. The van der Waals surface area contributed by atoms with Crippen molar-refractivity contribution in [3.8, 4) is 35.7 Å². The second-order valence-electron chi connectivity index (χ2n) is 13.9. The van der Waals surface area contributed by atoms with Gasteiger partial charge in [-0.1, -0.05) is 18.6 Å². The largest absolute Gasteiger partial charge is 0.508 e. The molecule has 2 aromatic carbocycles. The van der Waals surface area contributed by atoms with Crippen LogP contribution in [0.4, 0.5) is 10.2 Å². The lowest BCUT2D eigenvalue weighted by molar-refractivity contribution is -0.131. The summed E-state index contributed by atoms with van der Waals surface area (Å²) in [6, 6.07) is 5.21. The van der Waals surface area contributed by atoms with Gasteiger partial charge in [-0.15, -0.1) is 6.42 Å². The zero-order valence-corrected chi connectivity index (χ0v) is 26.8. The number of piperazine rings is 1. The molecule has 0 spiro atoms. The number of aromatic hydroxyl groups is 1. The Kier molecular flexibility index (Phi) is 7.19. The van der Waals surface area contributed by atoms with Crippen molar-refractivity contribution < 1.29 is 33.6 Å². The standard InChI is InChI=1S/C36H38FN5O6/c1-4-24-26(37)9-8-21-14-23(43)15-25(30(21)24)27-19-46-31-32(40-17-22-16-35(3,45)28(18-40)42(22)29(44)5-2)38-34(39-33(31)48-27)47-20-36-10-6-12-41(36)13-7-11-36/h1,5,8-9,14-15,22,27-28,43,45H,2,6-7,10-13,16-20H2,3H3/t22-,27?,28-,35-/m0/s1. The number of aromatic nitrogens is 2. The molecule has 0 aliphatic carbocycles. The number of halogens is 1. The Morgan fingerprint density at radius 1 is 1.25 bits per heavy atom. The SMILES string of the molecule is C#Cc1c(F)ccc2cc(O)cc(C3COc4c(nc(OCC56CCCN5CCC6)nc4N4C[C@@H]5C[C@](C)(O)[C@H](C4)N5C(=O)C=C)O3)c12. The van der Waals surface area contributed by atoms with Crippen molar-refractivity contribution in [2.75, 3.05) is 44.3 Å². The van der Waals surface area contributed by atoms with Crippen LogP contribution in [-0.2, 0) is 4.79 Å². The molecule has 5 aliphatic heterocycles. The van der Waals surface area contributed by atoms with Gasteiger partial charge in [-0.3, -0.25) is 9.69 Å². The fraction of sp³-hybridized carbons (Fsp3) is 0.472. The molecule has 8 rings (SSSR count). The number of phenols is 1. The fourth-order valence-electron chi connectivity index (χ4n) is 8.73. The van der Waals surface area contributed by atoms with E-state index in [1.165, 1.54) is 24.3 Å². The lowest BCUT2D eigenvalue weighted by atomic mass is 9.95. The molecule has 5 aliphatic rings. The number of anilines is 1. The molecule has 1 aromatic heterocycles. The number of hydrogen-bond donors (Lipinski definition) is 2. The van der Waals surface area contributed by atoms with Crippen molar-refractivity contribution in [2.45, 2.75) is 68.4 Å². The summed E-state index contributed by atoms with van der Waals surface area (Å²) < 4.78 is 34.1. The smallest absolute Gasteiger partial charge is 0.322 e. The maximum Gasteiger partial charge on any atom is 0.322 e. The van der Waals surface area contributed by atoms with Gasteiger partial charge >= 0.3 is 6.01 Å². The molecule has 2 bridgehead atoms. The Morgan fingerprint density at radius 2 is 2.04 bits per heavy atom. The van der Waals surface area contributed by atoms with E-state index >= 15 is 0 Å². The maximum absolute atomic E-state index is 14.9. The highest BCUT2D eigenvalue weighted by Crippen LogP contribution is 2.47. The third kappa shape index (κ3) is 4.82. The molecule has 0 saturated carbocycles. The van der Waals surface area contributed by atoms with Gasteiger partial charge in [0.05, 0.1) is 28.8 Å². The van der Waals surface area contributed by atoms with Crippen molar-refractivity contribution >= 4 is 22.5 Å². The quantitative estimate of drug-likeness (QED) is 0.301. The lowest BCUT2D eigenvalue weighted by Gasteiger charge is -2.43. The van der Waals surface area contributed by atoms with Crippen LogP contribution in [0.1, 0.15) is 56.3 Å². The minimum Gasteiger partial charge on any atom is -0.508 e. The Labute approximate surface area is 277 Å². The average Bonchev–Trinajstić information content (AvgIpc) is 3.70. The van der Waals surface area contributed by atoms with E-state index in [-0.39, 0.29) is 47.3 Å². The summed E-state index contributed by atoms with van der Waals surface area (Å²) >= 11 is 0. The molecular formula is C36H38FN5O6. The first-order chi connectivity index (χ1) is 23.1. The molecule has 11 nitrogen and oxygen atoms in total. The highest BCUT2D eigenvalue weighted by molar-refractivity contribution is 5.93. The number of hydrogen-bond acceptors (Lipinski definition) is 10. The van der Waals surface area contributed by atoms with Crippen molar-refractivity contribution in [2.24, 2.45) is 0 Å². The summed E-state index contributed by atoms with van der Waals surface area (Å²) in [5, 5.41) is 22.9. The van der Waals surface area contributed by atoms with Gasteiger partial charge in [0.25, 0.3) is 5.88 Å². The highest BCUT2D eigenvalue weighted by atomic mass is 19.1. The summed E-state index contributed by atoms with van der Waals surface area (Å²) in [6.07, 6.45) is 11.0. The summed E-state index contributed by atoms with van der Waals surface area (Å²) in [5.74, 6) is 2.52. The number of ether oxygens (including phenoxy) is 3. The molecule has 4 fully saturated rings. The molecule has 3 aromatic rings. The van der Waals surface area contributed by atoms with Gasteiger partial charge in [0.1, 0.15) is 24.8 Å². The molecule has 250 valence electrons. The molecule has 2 N–H and O–H groups in total. The van der Waals surface area contributed by atoms with Crippen molar-refractivity contribution in [3.05, 3.63) is 53.9 Å². The number of benzene rings is 2. The van der Waals surface area contributed by atoms with Crippen LogP contribution in [0, 0.1) is 18.2 Å². The zero-order valence-electron chi connectivity index (χ0n) is 26.8. The normalized spacial score (nSPS) is 27.2. The van der Waals surface area contributed by atoms with Crippen LogP contribution in [0.15, 0.2) is 36.9 Å². The summed E-state index contributed by atoms with van der Waals surface area (Å²) in [6.45, 7) is 8.62. The molecule has 4 saturated heterocycles. The van der Waals surface area contributed by atoms with Crippen LogP contribution < -0.4 is 19.1 Å². The van der Waals surface area contributed by atoms with Crippen LogP contribution >= 0.6 is 0 Å². The summed E-state index contributed by atoms with van der Waals surface area (Å²) in [5.41, 5.74) is -0.635. The Morgan fingerprint density at radius 3 is 2.77 bits per heavy atom. The Bertz CT molecular complexity index is 1870. The monoisotopic (exact) mass is 655 g/mol. The molecule has 4 atom stereocenters. The fourth-order valence-corrected chi connectivity index (χ4v) is 8.73. The first-order valence-corrected chi connectivity index (χ1v) is 16.5. The highest BCUT2D eigenvalue weighted by Gasteiger charge is 2.54. The Balaban J connectivity index is 1.18. The van der Waals surface area contributed by atoms with Gasteiger partial charge in [0, 0.05) is 30.5 Å². The first-order valence-electron chi connectivity index (χ1n) is 16.5. The van der Waals surface area contributed by atoms with E-state index in [0.29, 0.717) is 54.0 Å². The lowest BCUT2D eigenvalue weighted by Crippen LogP contribution is -2.59. The van der Waals surface area contributed by atoms with E-state index in [4.69, 9.17) is 25.6 Å².